The van der Waals surface area contributed by atoms with Crippen LogP contribution in [0.15, 0.2) is 28.7 Å². The average Bonchev–Trinajstić information content (AvgIpc) is 2.81. The molecule has 1 heterocycles. The highest BCUT2D eigenvalue weighted by molar-refractivity contribution is 9.10. The van der Waals surface area contributed by atoms with Gasteiger partial charge in [0.25, 0.3) is 0 Å². The predicted octanol–water partition coefficient (Wildman–Crippen LogP) is 2.83. The monoisotopic (exact) mass is 281 g/mol. The summed E-state index contributed by atoms with van der Waals surface area (Å²) < 4.78 is 7.13. The molecule has 1 aromatic carbocycles. The second kappa shape index (κ2) is 4.38. The first-order valence-electron chi connectivity index (χ1n) is 5.95. The Bertz CT molecular complexity index is 370. The summed E-state index contributed by atoms with van der Waals surface area (Å²) in [7, 11) is 0. The molecule has 0 radical (unpaired) electrons. The number of rotatable bonds is 2. The van der Waals surface area contributed by atoms with Crippen LogP contribution >= 0.6 is 15.9 Å². The second-order valence-electron chi connectivity index (χ2n) is 4.82. The fraction of sp³-hybridized carbons (Fsp3) is 0.538. The molecule has 1 aliphatic carbocycles. The van der Waals surface area contributed by atoms with Gasteiger partial charge in [0.1, 0.15) is 5.75 Å². The van der Waals surface area contributed by atoms with Crippen LogP contribution in [0, 0.1) is 11.8 Å². The summed E-state index contributed by atoms with van der Waals surface area (Å²) in [6.45, 7) is 2.36. The Kier molecular flexibility index (Phi) is 2.90. The van der Waals surface area contributed by atoms with Gasteiger partial charge in [0.15, 0.2) is 0 Å². The van der Waals surface area contributed by atoms with Crippen LogP contribution in [-0.2, 0) is 0 Å². The number of fused-ring (bicyclic) bond motifs is 1. The quantitative estimate of drug-likeness (QED) is 0.900. The molecule has 1 aliphatic heterocycles. The zero-order valence-electron chi connectivity index (χ0n) is 9.16. The minimum absolute atomic E-state index is 0.413. The van der Waals surface area contributed by atoms with E-state index in [9.17, 15) is 0 Å². The first-order chi connectivity index (χ1) is 7.83. The highest BCUT2D eigenvalue weighted by Gasteiger charge is 2.38. The predicted molar refractivity (Wildman–Crippen MR) is 67.6 cm³/mol. The molecule has 0 spiro atoms. The molecule has 1 N–H and O–H groups in total. The summed E-state index contributed by atoms with van der Waals surface area (Å²) >= 11 is 3.53. The van der Waals surface area contributed by atoms with Crippen molar-refractivity contribution in [3.8, 4) is 5.75 Å². The zero-order chi connectivity index (χ0) is 11.0. The van der Waals surface area contributed by atoms with Crippen molar-refractivity contribution < 1.29 is 4.74 Å². The summed E-state index contributed by atoms with van der Waals surface area (Å²) in [6, 6.07) is 8.12. The van der Waals surface area contributed by atoms with E-state index in [0.717, 1.165) is 22.1 Å². The highest BCUT2D eigenvalue weighted by atomic mass is 79.9. The normalized spacial score (nSPS) is 32.7. The average molecular weight is 282 g/mol. The van der Waals surface area contributed by atoms with E-state index in [1.54, 1.807) is 0 Å². The third-order valence-corrected chi connectivity index (χ3v) is 4.40. The van der Waals surface area contributed by atoms with Crippen LogP contribution in [0.5, 0.6) is 5.75 Å². The van der Waals surface area contributed by atoms with Crippen LogP contribution in [0.25, 0.3) is 0 Å². The van der Waals surface area contributed by atoms with E-state index in [4.69, 9.17) is 4.74 Å². The molecule has 2 unspecified atom stereocenters. The second-order valence-corrected chi connectivity index (χ2v) is 5.67. The standard InChI is InChI=1S/C13H16BrNO/c14-12-3-1-2-4-13(12)16-11-5-9-7-15-8-10(9)6-11/h1-4,9-11,15H,5-8H2. The lowest BCUT2D eigenvalue weighted by atomic mass is 10.0. The number of halogens is 1. The Balaban J connectivity index is 1.66. The molecule has 0 bridgehead atoms. The molecule has 3 heteroatoms. The third-order valence-electron chi connectivity index (χ3n) is 3.74. The van der Waals surface area contributed by atoms with E-state index in [1.165, 1.54) is 25.9 Å². The van der Waals surface area contributed by atoms with Gasteiger partial charge in [-0.1, -0.05) is 12.1 Å². The maximum atomic E-state index is 6.07. The molecular weight excluding hydrogens is 266 g/mol. The lowest BCUT2D eigenvalue weighted by Crippen LogP contribution is -2.18. The number of para-hydroxylation sites is 1. The van der Waals surface area contributed by atoms with Gasteiger partial charge >= 0.3 is 0 Å². The topological polar surface area (TPSA) is 21.3 Å². The van der Waals surface area contributed by atoms with Gasteiger partial charge in [-0.05, 0) is 65.8 Å². The highest BCUT2D eigenvalue weighted by Crippen LogP contribution is 2.37. The smallest absolute Gasteiger partial charge is 0.133 e. The van der Waals surface area contributed by atoms with Crippen molar-refractivity contribution >= 4 is 15.9 Å². The Labute approximate surface area is 105 Å². The Morgan fingerprint density at radius 3 is 2.50 bits per heavy atom. The molecule has 86 valence electrons. The van der Waals surface area contributed by atoms with Gasteiger partial charge in [-0.25, -0.2) is 0 Å². The molecule has 2 nitrogen and oxygen atoms in total. The Morgan fingerprint density at radius 1 is 1.12 bits per heavy atom. The lowest BCUT2D eigenvalue weighted by Gasteiger charge is -2.15. The van der Waals surface area contributed by atoms with Gasteiger partial charge in [-0.15, -0.1) is 0 Å². The number of hydrogen-bond acceptors (Lipinski definition) is 2. The molecule has 2 aliphatic rings. The van der Waals surface area contributed by atoms with E-state index in [2.05, 4.69) is 21.2 Å². The van der Waals surface area contributed by atoms with E-state index in [1.807, 2.05) is 24.3 Å². The molecular formula is C13H16BrNO. The first kappa shape index (κ1) is 10.6. The number of nitrogens with one attached hydrogen (secondary N) is 1. The minimum atomic E-state index is 0.413. The first-order valence-corrected chi connectivity index (χ1v) is 6.74. The molecule has 0 aromatic heterocycles. The Hall–Kier alpha value is -0.540. The minimum Gasteiger partial charge on any atom is -0.489 e. The van der Waals surface area contributed by atoms with Crippen molar-refractivity contribution in [2.75, 3.05) is 13.1 Å². The molecule has 1 aromatic rings. The van der Waals surface area contributed by atoms with Crippen LogP contribution in [0.3, 0.4) is 0 Å². The van der Waals surface area contributed by atoms with Crippen LogP contribution in [0.2, 0.25) is 0 Å². The number of benzene rings is 1. The maximum Gasteiger partial charge on any atom is 0.133 e. The summed E-state index contributed by atoms with van der Waals surface area (Å²) in [5.41, 5.74) is 0. The lowest BCUT2D eigenvalue weighted by molar-refractivity contribution is 0.198. The number of hydrogen-bond donors (Lipinski definition) is 1. The van der Waals surface area contributed by atoms with Crippen LogP contribution < -0.4 is 10.1 Å². The van der Waals surface area contributed by atoms with E-state index in [0.29, 0.717) is 6.10 Å². The number of ether oxygens (including phenoxy) is 1. The van der Waals surface area contributed by atoms with Gasteiger partial charge < -0.3 is 10.1 Å². The fourth-order valence-corrected chi connectivity index (χ4v) is 3.30. The van der Waals surface area contributed by atoms with Crippen LogP contribution in [0.1, 0.15) is 12.8 Å². The van der Waals surface area contributed by atoms with Gasteiger partial charge in [0.2, 0.25) is 0 Å². The fourth-order valence-electron chi connectivity index (χ4n) is 2.93. The van der Waals surface area contributed by atoms with Crippen LogP contribution in [0.4, 0.5) is 0 Å². The SMILES string of the molecule is Brc1ccccc1OC1CC2CNCC2C1. The van der Waals surface area contributed by atoms with Crippen molar-refractivity contribution in [1.29, 1.82) is 0 Å². The van der Waals surface area contributed by atoms with Crippen molar-refractivity contribution in [3.05, 3.63) is 28.7 Å². The van der Waals surface area contributed by atoms with Gasteiger partial charge in [0, 0.05) is 0 Å². The molecule has 2 atom stereocenters. The summed E-state index contributed by atoms with van der Waals surface area (Å²) in [5.74, 6) is 2.67. The van der Waals surface area contributed by atoms with Gasteiger partial charge in [-0.2, -0.15) is 0 Å². The molecule has 0 amide bonds. The van der Waals surface area contributed by atoms with Gasteiger partial charge in [0.05, 0.1) is 10.6 Å². The van der Waals surface area contributed by atoms with Crippen LogP contribution in [-0.4, -0.2) is 19.2 Å². The van der Waals surface area contributed by atoms with Gasteiger partial charge in [-0.3, -0.25) is 0 Å². The molecule has 3 rings (SSSR count). The molecule has 16 heavy (non-hydrogen) atoms. The molecule has 1 saturated carbocycles. The largest absolute Gasteiger partial charge is 0.489 e. The maximum absolute atomic E-state index is 6.07. The van der Waals surface area contributed by atoms with E-state index < -0.39 is 0 Å². The summed E-state index contributed by atoms with van der Waals surface area (Å²) in [5, 5.41) is 3.46. The van der Waals surface area contributed by atoms with Crippen molar-refractivity contribution in [3.63, 3.8) is 0 Å². The van der Waals surface area contributed by atoms with Crippen molar-refractivity contribution in [1.82, 2.24) is 5.32 Å². The summed E-state index contributed by atoms with van der Waals surface area (Å²) in [6.07, 6.45) is 2.83. The van der Waals surface area contributed by atoms with Crippen molar-refractivity contribution in [2.24, 2.45) is 11.8 Å². The van der Waals surface area contributed by atoms with E-state index >= 15 is 0 Å². The Morgan fingerprint density at radius 2 is 1.81 bits per heavy atom. The molecule has 2 fully saturated rings. The van der Waals surface area contributed by atoms with E-state index in [-0.39, 0.29) is 0 Å². The third kappa shape index (κ3) is 1.98. The summed E-state index contributed by atoms with van der Waals surface area (Å²) in [4.78, 5) is 0. The molecule has 1 saturated heterocycles. The zero-order valence-corrected chi connectivity index (χ0v) is 10.7. The van der Waals surface area contributed by atoms with Crippen molar-refractivity contribution in [2.45, 2.75) is 18.9 Å².